The summed E-state index contributed by atoms with van der Waals surface area (Å²) in [6, 6.07) is 0. The summed E-state index contributed by atoms with van der Waals surface area (Å²) in [7, 11) is 0. The molecule has 8 atom stereocenters. The molecule has 2 saturated carbocycles. The Kier molecular flexibility index (Phi) is 4.10. The molecule has 6 heteroatoms. The number of hydrogen-bond donors (Lipinski definition) is 4. The molecule has 0 unspecified atom stereocenters. The lowest BCUT2D eigenvalue weighted by Gasteiger charge is -2.58. The number of ketones is 2. The first kappa shape index (κ1) is 19.0. The van der Waals surface area contributed by atoms with Gasteiger partial charge in [0.25, 0.3) is 0 Å². The first-order valence-corrected chi connectivity index (χ1v) is 9.74. The minimum absolute atomic E-state index is 0.0273. The van der Waals surface area contributed by atoms with Crippen LogP contribution < -0.4 is 0 Å². The molecule has 0 aromatic rings. The van der Waals surface area contributed by atoms with Crippen molar-refractivity contribution in [1.82, 2.24) is 0 Å². The number of aliphatic hydroxyl groups is 4. The van der Waals surface area contributed by atoms with E-state index < -0.39 is 41.0 Å². The van der Waals surface area contributed by atoms with Crippen molar-refractivity contribution in [1.29, 1.82) is 0 Å². The Hall–Kier alpha value is -1.34. The minimum atomic E-state index is -2.05. The van der Waals surface area contributed by atoms with Crippen molar-refractivity contribution in [2.24, 2.45) is 28.6 Å². The van der Waals surface area contributed by atoms with Crippen LogP contribution in [0.1, 0.15) is 39.5 Å². The van der Waals surface area contributed by atoms with Crippen molar-refractivity contribution in [2.45, 2.75) is 57.3 Å². The first-order valence-electron chi connectivity index (χ1n) is 9.74. The quantitative estimate of drug-likeness (QED) is 0.523. The van der Waals surface area contributed by atoms with E-state index in [1.54, 1.807) is 13.0 Å². The molecule has 0 aromatic heterocycles. The number of Topliss-reactive ketones (excluding diaryl/α,β-unsaturated/α-hetero) is 1. The number of aliphatic hydroxyl groups excluding tert-OH is 3. The second kappa shape index (κ2) is 5.83. The number of allylic oxidation sites excluding steroid dienone is 4. The summed E-state index contributed by atoms with van der Waals surface area (Å²) < 4.78 is 0. The van der Waals surface area contributed by atoms with Crippen molar-refractivity contribution in [3.8, 4) is 0 Å². The lowest BCUT2D eigenvalue weighted by atomic mass is 9.47. The van der Waals surface area contributed by atoms with E-state index in [-0.39, 0.29) is 36.4 Å². The van der Waals surface area contributed by atoms with Crippen LogP contribution in [0.25, 0.3) is 0 Å². The molecule has 0 aromatic carbocycles. The van der Waals surface area contributed by atoms with Gasteiger partial charge in [0.1, 0.15) is 6.61 Å². The maximum Gasteiger partial charge on any atom is 0.192 e. The van der Waals surface area contributed by atoms with Crippen LogP contribution in [0, 0.1) is 28.6 Å². The average molecular weight is 376 g/mol. The van der Waals surface area contributed by atoms with Crippen LogP contribution >= 0.6 is 0 Å². The van der Waals surface area contributed by atoms with Crippen molar-refractivity contribution >= 4 is 11.6 Å². The molecule has 0 radical (unpaired) electrons. The molecule has 6 nitrogen and oxygen atoms in total. The van der Waals surface area contributed by atoms with Crippen LogP contribution in [0.4, 0.5) is 0 Å². The second-order valence-corrected chi connectivity index (χ2v) is 9.31. The zero-order valence-electron chi connectivity index (χ0n) is 15.8. The molecule has 4 rings (SSSR count). The van der Waals surface area contributed by atoms with E-state index in [0.29, 0.717) is 12.8 Å². The fourth-order valence-electron chi connectivity index (χ4n) is 6.87. The number of carbonyl (C=O) groups excluding carboxylic acids is 2. The molecule has 0 amide bonds. The van der Waals surface area contributed by atoms with Crippen molar-refractivity contribution < 1.29 is 30.0 Å². The monoisotopic (exact) mass is 376 g/mol. The summed E-state index contributed by atoms with van der Waals surface area (Å²) in [6.45, 7) is 2.95. The van der Waals surface area contributed by atoms with Crippen LogP contribution in [0.5, 0.6) is 0 Å². The maximum absolute atomic E-state index is 12.4. The summed E-state index contributed by atoms with van der Waals surface area (Å²) >= 11 is 0. The number of fused-ring (bicyclic) bond motifs is 5. The highest BCUT2D eigenvalue weighted by atomic mass is 16.4. The Labute approximate surface area is 158 Å². The molecule has 0 spiro atoms. The summed E-state index contributed by atoms with van der Waals surface area (Å²) in [5, 5.41) is 42.3. The molecule has 4 N–H and O–H groups in total. The smallest absolute Gasteiger partial charge is 0.192 e. The minimum Gasteiger partial charge on any atom is -0.393 e. The van der Waals surface area contributed by atoms with Gasteiger partial charge in [-0.2, -0.15) is 0 Å². The van der Waals surface area contributed by atoms with Gasteiger partial charge in [-0.05, 0) is 37.2 Å². The van der Waals surface area contributed by atoms with Gasteiger partial charge < -0.3 is 20.4 Å². The molecule has 0 aliphatic heterocycles. The third-order valence-electron chi connectivity index (χ3n) is 8.24. The van der Waals surface area contributed by atoms with E-state index in [1.165, 1.54) is 0 Å². The van der Waals surface area contributed by atoms with Crippen LogP contribution in [0.15, 0.2) is 23.8 Å². The van der Waals surface area contributed by atoms with Gasteiger partial charge in [0.05, 0.1) is 12.2 Å². The topological polar surface area (TPSA) is 115 Å². The van der Waals surface area contributed by atoms with Gasteiger partial charge in [0, 0.05) is 23.2 Å². The molecule has 0 heterocycles. The summed E-state index contributed by atoms with van der Waals surface area (Å²) in [6.07, 6.45) is 4.94. The van der Waals surface area contributed by atoms with Gasteiger partial charge in [-0.3, -0.25) is 9.59 Å². The third-order valence-corrected chi connectivity index (χ3v) is 8.24. The molecule has 148 valence electrons. The van der Waals surface area contributed by atoms with Crippen molar-refractivity contribution in [2.75, 3.05) is 6.61 Å². The van der Waals surface area contributed by atoms with Gasteiger partial charge in [-0.1, -0.05) is 31.6 Å². The van der Waals surface area contributed by atoms with Crippen LogP contribution in [-0.4, -0.2) is 56.4 Å². The molecule has 4 aliphatic carbocycles. The van der Waals surface area contributed by atoms with E-state index in [0.717, 1.165) is 5.57 Å². The van der Waals surface area contributed by atoms with Gasteiger partial charge in [0.15, 0.2) is 17.2 Å². The lowest BCUT2D eigenvalue weighted by molar-refractivity contribution is -0.188. The highest BCUT2D eigenvalue weighted by Crippen LogP contribution is 2.66. The van der Waals surface area contributed by atoms with E-state index in [4.69, 9.17) is 0 Å². The zero-order valence-corrected chi connectivity index (χ0v) is 15.8. The number of hydrogen-bond acceptors (Lipinski definition) is 6. The Morgan fingerprint density at radius 1 is 1.30 bits per heavy atom. The predicted octanol–water partition coefficient (Wildman–Crippen LogP) is 0.528. The highest BCUT2D eigenvalue weighted by molar-refractivity contribution is 5.93. The third kappa shape index (κ3) is 2.21. The molecule has 27 heavy (non-hydrogen) atoms. The Bertz CT molecular complexity index is 756. The van der Waals surface area contributed by atoms with E-state index in [2.05, 4.69) is 6.08 Å². The first-order chi connectivity index (χ1) is 12.6. The normalized spacial score (nSPS) is 51.3. The van der Waals surface area contributed by atoms with E-state index in [1.807, 2.05) is 13.0 Å². The van der Waals surface area contributed by atoms with Crippen LogP contribution in [0.2, 0.25) is 0 Å². The van der Waals surface area contributed by atoms with Gasteiger partial charge in [-0.15, -0.1) is 0 Å². The number of carbonyl (C=O) groups is 2. The Balaban J connectivity index is 1.79. The molecule has 0 bridgehead atoms. The zero-order chi connectivity index (χ0) is 19.8. The maximum atomic E-state index is 12.4. The van der Waals surface area contributed by atoms with Crippen molar-refractivity contribution in [3.05, 3.63) is 23.8 Å². The molecule has 0 saturated heterocycles. The largest absolute Gasteiger partial charge is 0.393 e. The molecule has 4 aliphatic rings. The Morgan fingerprint density at radius 2 is 2.00 bits per heavy atom. The SMILES string of the molecule is C[C@]12C=CC(=O)CC1=CC[C@@H]1[C@@H]2[C@@H](O)C[C@@]2(C)[C@H]1C[C@@H](O)[C@]2(O)C(=O)CO. The van der Waals surface area contributed by atoms with E-state index in [9.17, 15) is 30.0 Å². The van der Waals surface area contributed by atoms with Gasteiger partial charge in [0.2, 0.25) is 0 Å². The van der Waals surface area contributed by atoms with Crippen LogP contribution in [0.3, 0.4) is 0 Å². The second-order valence-electron chi connectivity index (χ2n) is 9.31. The number of rotatable bonds is 2. The fourth-order valence-corrected chi connectivity index (χ4v) is 6.87. The summed E-state index contributed by atoms with van der Waals surface area (Å²) in [5.41, 5.74) is -2.48. The fraction of sp³-hybridized carbons (Fsp3) is 0.714. The van der Waals surface area contributed by atoms with E-state index >= 15 is 0 Å². The van der Waals surface area contributed by atoms with Crippen LogP contribution in [-0.2, 0) is 9.59 Å². The van der Waals surface area contributed by atoms with Crippen molar-refractivity contribution in [3.63, 3.8) is 0 Å². The van der Waals surface area contributed by atoms with Gasteiger partial charge in [-0.25, -0.2) is 0 Å². The highest BCUT2D eigenvalue weighted by Gasteiger charge is 2.71. The molecular formula is C21H28O6. The van der Waals surface area contributed by atoms with Gasteiger partial charge >= 0.3 is 0 Å². The standard InChI is InChI=1S/C21H28O6/c1-19-6-5-12(23)7-11(19)3-4-13-14-8-16(25)21(27,17(26)10-22)20(14,2)9-15(24)18(13)19/h3,5-6,13-16,18,22,24-25,27H,4,7-10H2,1-2H3/t13-,14-,15-,16+,18+,19-,20-,21-/m0/s1. The molecular weight excluding hydrogens is 348 g/mol. The Morgan fingerprint density at radius 3 is 2.67 bits per heavy atom. The molecule has 2 fully saturated rings. The summed E-state index contributed by atoms with van der Waals surface area (Å²) in [4.78, 5) is 24.3. The predicted molar refractivity (Wildman–Crippen MR) is 96.4 cm³/mol. The lowest BCUT2D eigenvalue weighted by Crippen LogP contribution is -2.63. The average Bonchev–Trinajstić information content (AvgIpc) is 2.82. The summed E-state index contributed by atoms with van der Waals surface area (Å²) in [5.74, 6) is -1.06.